The molecule has 0 saturated heterocycles. The maximum atomic E-state index is 12.2. The lowest BCUT2D eigenvalue weighted by molar-refractivity contribution is 0.0630. The molecule has 0 aliphatic heterocycles. The Balaban J connectivity index is 2.94. The number of nitrogens with zero attached hydrogens (tertiary/aromatic N) is 1. The van der Waals surface area contributed by atoms with Gasteiger partial charge in [-0.15, -0.1) is 0 Å². The zero-order valence-corrected chi connectivity index (χ0v) is 12.0. The van der Waals surface area contributed by atoms with Gasteiger partial charge in [0.25, 0.3) is 5.91 Å². The molecule has 108 valence electrons. The highest BCUT2D eigenvalue weighted by atomic mass is 32.2. The summed E-state index contributed by atoms with van der Waals surface area (Å²) in [6.45, 7) is 4.58. The van der Waals surface area contributed by atoms with Crippen molar-refractivity contribution in [1.82, 2.24) is 9.88 Å². The smallest absolute Gasteiger partial charge is 0.270 e. The van der Waals surface area contributed by atoms with E-state index in [9.17, 15) is 13.2 Å². The van der Waals surface area contributed by atoms with Crippen molar-refractivity contribution in [3.05, 3.63) is 18.0 Å². The standard InChI is InChI=1S/C11H19N3O4S/c1-8(2)14(4-5-18-3)11(15)10-6-9(7-13-10)19(12,16)17/h6-8,13H,4-5H2,1-3H3,(H2,12,16,17). The van der Waals surface area contributed by atoms with Gasteiger partial charge in [-0.2, -0.15) is 0 Å². The summed E-state index contributed by atoms with van der Waals surface area (Å²) < 4.78 is 27.3. The van der Waals surface area contributed by atoms with Crippen LogP contribution in [0.2, 0.25) is 0 Å². The van der Waals surface area contributed by atoms with Crippen LogP contribution in [0.15, 0.2) is 17.2 Å². The number of carbonyl (C=O) groups is 1. The maximum absolute atomic E-state index is 12.2. The molecule has 1 heterocycles. The highest BCUT2D eigenvalue weighted by Crippen LogP contribution is 2.12. The maximum Gasteiger partial charge on any atom is 0.270 e. The van der Waals surface area contributed by atoms with E-state index in [1.807, 2.05) is 13.8 Å². The number of hydrogen-bond donors (Lipinski definition) is 2. The molecule has 0 radical (unpaired) electrons. The van der Waals surface area contributed by atoms with Crippen LogP contribution >= 0.6 is 0 Å². The Morgan fingerprint density at radius 2 is 2.16 bits per heavy atom. The number of carbonyl (C=O) groups excluding carboxylic acids is 1. The van der Waals surface area contributed by atoms with Gasteiger partial charge in [0.2, 0.25) is 10.0 Å². The minimum atomic E-state index is -3.81. The number of methoxy groups -OCH3 is 1. The molecule has 0 atom stereocenters. The Hall–Kier alpha value is -1.38. The molecule has 1 aromatic rings. The van der Waals surface area contributed by atoms with Gasteiger partial charge in [-0.1, -0.05) is 0 Å². The molecule has 7 nitrogen and oxygen atoms in total. The van der Waals surface area contributed by atoms with E-state index in [1.54, 1.807) is 12.0 Å². The molecule has 1 rings (SSSR count). The first kappa shape index (κ1) is 15.7. The molecule has 8 heteroatoms. The summed E-state index contributed by atoms with van der Waals surface area (Å²) in [7, 11) is -2.25. The van der Waals surface area contributed by atoms with Gasteiger partial charge in [0.1, 0.15) is 5.69 Å². The Kier molecular flexibility index (Phi) is 5.10. The Bertz CT molecular complexity index is 536. The molecule has 3 N–H and O–H groups in total. The fraction of sp³-hybridized carbons (Fsp3) is 0.545. The summed E-state index contributed by atoms with van der Waals surface area (Å²) in [6, 6.07) is 1.21. The number of aromatic amines is 1. The number of aromatic nitrogens is 1. The third-order valence-corrected chi connectivity index (χ3v) is 3.53. The van der Waals surface area contributed by atoms with Crippen LogP contribution in [0.25, 0.3) is 0 Å². The average molecular weight is 289 g/mol. The van der Waals surface area contributed by atoms with E-state index in [-0.39, 0.29) is 22.5 Å². The summed E-state index contributed by atoms with van der Waals surface area (Å²) in [5.74, 6) is -0.290. The van der Waals surface area contributed by atoms with Crippen LogP contribution in [0.5, 0.6) is 0 Å². The first-order chi connectivity index (χ1) is 8.77. The number of sulfonamides is 1. The number of primary sulfonamides is 1. The van der Waals surface area contributed by atoms with Crippen molar-refractivity contribution in [1.29, 1.82) is 0 Å². The van der Waals surface area contributed by atoms with Crippen molar-refractivity contribution in [2.24, 2.45) is 5.14 Å². The molecule has 0 fully saturated rings. The molecule has 1 amide bonds. The van der Waals surface area contributed by atoms with Crippen molar-refractivity contribution >= 4 is 15.9 Å². The second-order valence-corrected chi connectivity index (χ2v) is 5.94. The normalized spacial score (nSPS) is 11.8. The lowest BCUT2D eigenvalue weighted by Crippen LogP contribution is -2.39. The molecule has 0 bridgehead atoms. The lowest BCUT2D eigenvalue weighted by atomic mass is 10.2. The predicted molar refractivity (Wildman–Crippen MR) is 70.2 cm³/mol. The van der Waals surface area contributed by atoms with Gasteiger partial charge in [-0.25, -0.2) is 13.6 Å². The van der Waals surface area contributed by atoms with Crippen molar-refractivity contribution in [2.45, 2.75) is 24.8 Å². The number of rotatable bonds is 6. The molecule has 0 aliphatic rings. The van der Waals surface area contributed by atoms with E-state index in [2.05, 4.69) is 4.98 Å². The number of hydrogen-bond acceptors (Lipinski definition) is 4. The summed E-state index contributed by atoms with van der Waals surface area (Å²) >= 11 is 0. The predicted octanol–water partition coefficient (Wildman–Crippen LogP) is 0.159. The largest absolute Gasteiger partial charge is 0.383 e. The molecule has 0 spiro atoms. The van der Waals surface area contributed by atoms with Crippen molar-refractivity contribution in [2.75, 3.05) is 20.3 Å². The van der Waals surface area contributed by atoms with E-state index in [4.69, 9.17) is 9.88 Å². The van der Waals surface area contributed by atoms with Gasteiger partial charge < -0.3 is 14.6 Å². The van der Waals surface area contributed by atoms with E-state index in [1.165, 1.54) is 12.3 Å². The van der Waals surface area contributed by atoms with Gasteiger partial charge in [0.05, 0.1) is 11.5 Å². The summed E-state index contributed by atoms with van der Waals surface area (Å²) in [5.41, 5.74) is 0.189. The Labute approximate surface area is 112 Å². The number of nitrogens with one attached hydrogen (secondary N) is 1. The van der Waals surface area contributed by atoms with Crippen LogP contribution < -0.4 is 5.14 Å². The minimum Gasteiger partial charge on any atom is -0.383 e. The topological polar surface area (TPSA) is 105 Å². The summed E-state index contributed by atoms with van der Waals surface area (Å²) in [4.78, 5) is 16.3. The Morgan fingerprint density at radius 3 is 2.58 bits per heavy atom. The molecule has 0 saturated carbocycles. The second kappa shape index (κ2) is 6.18. The molecule has 19 heavy (non-hydrogen) atoms. The van der Waals surface area contributed by atoms with E-state index in [0.717, 1.165) is 0 Å². The van der Waals surface area contributed by atoms with Gasteiger partial charge >= 0.3 is 0 Å². The van der Waals surface area contributed by atoms with Crippen molar-refractivity contribution in [3.63, 3.8) is 0 Å². The van der Waals surface area contributed by atoms with E-state index >= 15 is 0 Å². The number of nitrogens with two attached hydrogens (primary N) is 1. The average Bonchev–Trinajstić information content (AvgIpc) is 2.77. The SMILES string of the molecule is COCCN(C(=O)c1cc(S(N)(=O)=O)c[nH]1)C(C)C. The molecule has 0 aliphatic carbocycles. The Morgan fingerprint density at radius 1 is 1.53 bits per heavy atom. The minimum absolute atomic E-state index is 0.0242. The van der Waals surface area contributed by atoms with Crippen molar-refractivity contribution in [3.8, 4) is 0 Å². The van der Waals surface area contributed by atoms with Crippen LogP contribution in [0.3, 0.4) is 0 Å². The zero-order valence-electron chi connectivity index (χ0n) is 11.2. The molecular weight excluding hydrogens is 270 g/mol. The highest BCUT2D eigenvalue weighted by molar-refractivity contribution is 7.89. The molecule has 1 aromatic heterocycles. The zero-order chi connectivity index (χ0) is 14.6. The quantitative estimate of drug-likeness (QED) is 0.778. The van der Waals surface area contributed by atoms with Crippen LogP contribution in [0.4, 0.5) is 0 Å². The second-order valence-electron chi connectivity index (χ2n) is 4.38. The van der Waals surface area contributed by atoms with E-state index < -0.39 is 10.0 Å². The van der Waals surface area contributed by atoms with E-state index in [0.29, 0.717) is 13.2 Å². The fourth-order valence-electron chi connectivity index (χ4n) is 1.60. The van der Waals surface area contributed by atoms with Crippen LogP contribution in [-0.4, -0.2) is 50.5 Å². The molecule has 0 unspecified atom stereocenters. The lowest BCUT2D eigenvalue weighted by Gasteiger charge is -2.25. The number of H-pyrrole nitrogens is 1. The van der Waals surface area contributed by atoms with Crippen LogP contribution in [0, 0.1) is 0 Å². The fourth-order valence-corrected chi connectivity index (χ4v) is 2.11. The third kappa shape index (κ3) is 4.05. The van der Waals surface area contributed by atoms with Crippen LogP contribution in [-0.2, 0) is 14.8 Å². The third-order valence-electron chi connectivity index (χ3n) is 2.64. The summed E-state index contributed by atoms with van der Waals surface area (Å²) in [5, 5.41) is 4.99. The number of ether oxygens (including phenoxy) is 1. The monoisotopic (exact) mass is 289 g/mol. The molecule has 0 aromatic carbocycles. The highest BCUT2D eigenvalue weighted by Gasteiger charge is 2.21. The van der Waals surface area contributed by atoms with Crippen molar-refractivity contribution < 1.29 is 17.9 Å². The first-order valence-electron chi connectivity index (χ1n) is 5.78. The van der Waals surface area contributed by atoms with Gasteiger partial charge in [0, 0.05) is 25.9 Å². The molecular formula is C11H19N3O4S. The van der Waals surface area contributed by atoms with Gasteiger partial charge in [-0.05, 0) is 19.9 Å². The first-order valence-corrected chi connectivity index (χ1v) is 7.33. The van der Waals surface area contributed by atoms with Gasteiger partial charge in [0.15, 0.2) is 0 Å². The number of amides is 1. The summed E-state index contributed by atoms with van der Waals surface area (Å²) in [6.07, 6.45) is 1.21. The van der Waals surface area contributed by atoms with Gasteiger partial charge in [-0.3, -0.25) is 4.79 Å². The van der Waals surface area contributed by atoms with Crippen LogP contribution in [0.1, 0.15) is 24.3 Å².